The van der Waals surface area contributed by atoms with Gasteiger partial charge in [-0.3, -0.25) is 86.3 Å². The lowest BCUT2D eigenvalue weighted by molar-refractivity contribution is -0.138. The molecule has 2 aromatic rings. The van der Waals surface area contributed by atoms with Gasteiger partial charge in [0.2, 0.25) is 100 Å². The zero-order valence-electron chi connectivity index (χ0n) is 82.6. The van der Waals surface area contributed by atoms with Crippen LogP contribution in [-0.4, -0.2) is 294 Å². The van der Waals surface area contributed by atoms with Crippen molar-refractivity contribution in [2.75, 3.05) is 37.5 Å². The van der Waals surface area contributed by atoms with Gasteiger partial charge in [-0.15, -0.1) is 0 Å². The minimum Gasteiger partial charge on any atom is -0.508 e. The van der Waals surface area contributed by atoms with Crippen molar-refractivity contribution >= 4 is 131 Å². The van der Waals surface area contributed by atoms with E-state index in [9.17, 15) is 107 Å². The number of nitrogens with two attached hydrogens (primary N) is 2. The van der Waals surface area contributed by atoms with Crippen LogP contribution in [0.25, 0.3) is 0 Å². The number of benzene rings is 1. The number of carbonyl (C=O) groups excluding carboxylic acids is 17. The lowest BCUT2D eigenvalue weighted by Gasteiger charge is -2.32. The number of carbonyl (C=O) groups is 18. The number of hydrogen-bond acceptors (Lipinski definition) is 27. The number of aromatic nitrogens is 2. The highest BCUT2D eigenvalue weighted by Gasteiger charge is 2.43. The number of hydrogen-bond donors (Lipinski definition) is 26. The van der Waals surface area contributed by atoms with E-state index >= 15 is 0 Å². The lowest BCUT2D eigenvalue weighted by atomic mass is 9.93. The molecule has 1 aromatic heterocycles. The van der Waals surface area contributed by atoms with Crippen molar-refractivity contribution < 1.29 is 112 Å². The fourth-order valence-electron chi connectivity index (χ4n) is 14.1. The van der Waals surface area contributed by atoms with Crippen LogP contribution in [0, 0.1) is 47.3 Å². The van der Waals surface area contributed by atoms with E-state index in [4.69, 9.17) is 16.6 Å². The van der Waals surface area contributed by atoms with Crippen LogP contribution in [0.5, 0.6) is 5.75 Å². The molecule has 22 atom stereocenters. The quantitative estimate of drug-likeness (QED) is 0.0238. The highest BCUT2D eigenvalue weighted by molar-refractivity contribution is 7.98. The Morgan fingerprint density at radius 1 is 0.409 bits per heavy atom. The summed E-state index contributed by atoms with van der Waals surface area (Å²) in [6, 6.07) is -19.2. The number of rotatable bonds is 64. The summed E-state index contributed by atoms with van der Waals surface area (Å²) >= 11 is 5.71. The molecule has 2 rings (SSSR count). The molecule has 0 aliphatic heterocycles. The molecule has 17 amide bonds. The first-order valence-corrected chi connectivity index (χ1v) is 48.9. The van der Waals surface area contributed by atoms with Crippen LogP contribution in [0.2, 0.25) is 0 Å². The summed E-state index contributed by atoms with van der Waals surface area (Å²) in [5.74, 6) is -21.0. The number of H-pyrrole nitrogens is 1. The van der Waals surface area contributed by atoms with Gasteiger partial charge in [-0.1, -0.05) is 142 Å². The lowest BCUT2D eigenvalue weighted by Crippen LogP contribution is -2.63. The number of aliphatic hydroxyl groups excluding tert-OH is 3. The normalized spacial score (nSPS) is 16.3. The molecule has 0 spiro atoms. The molecule has 0 unspecified atom stereocenters. The second kappa shape index (κ2) is 62.2. The van der Waals surface area contributed by atoms with Crippen LogP contribution in [-0.2, 0) is 99.1 Å². The number of nitrogens with one attached hydrogen (secondary N) is 18. The minimum absolute atomic E-state index is 0.00179. The molecule has 27 N–H and O–H groups in total. The third-order valence-corrected chi connectivity index (χ3v) is 24.0. The van der Waals surface area contributed by atoms with Gasteiger partial charge < -0.3 is 132 Å². The third kappa shape index (κ3) is 43.0. The SMILES string of the molecule is CC[C@H](C)[C@H](NC(=O)[C@H](CCSC)NC(=O)[C@@H](NC(=O)[C@@H](N)CC(C)C)[C@@H](C)O)C(=O)N[C@H](C(=O)N[C@@H](CS)C(=O)N[C@@H](Cc1ccc(O)cc1)C(=O)N[C@@H](CO)C(=O)N[C@H](C(=O)N[C@H](C(=O)N[C@H](C(=O)N[C@@H](CCCCN)C(=O)N[C@H](C(=O)N[C@@H](CC(C)C)C(=O)N[C@@H](CC(C)C)C(=O)N[C@@H](Cc1cnc[nH]1)C(=O)N[C@@H](C)C(=O)NCC(=O)O)[C@@H](C)O)[C@@H](C)CC)[C@@H](C)CC)C(C)C)C(C)C. The van der Waals surface area contributed by atoms with Crippen LogP contribution >= 0.6 is 24.4 Å². The van der Waals surface area contributed by atoms with Gasteiger partial charge >= 0.3 is 5.97 Å². The van der Waals surface area contributed by atoms with E-state index in [0.717, 1.165) is 0 Å². The van der Waals surface area contributed by atoms with Crippen molar-refractivity contribution in [3.8, 4) is 5.75 Å². The Balaban J connectivity index is 2.49. The maximum absolute atomic E-state index is 14.8. The molecule has 137 heavy (non-hydrogen) atoms. The fourth-order valence-corrected chi connectivity index (χ4v) is 14.9. The van der Waals surface area contributed by atoms with E-state index in [1.165, 1.54) is 69.3 Å². The van der Waals surface area contributed by atoms with Gasteiger partial charge in [-0.2, -0.15) is 24.4 Å². The largest absolute Gasteiger partial charge is 0.508 e. The minimum atomic E-state index is -1.85. The number of thiol groups is 1. The smallest absolute Gasteiger partial charge is 0.322 e. The average molecular weight is 1980 g/mol. The monoisotopic (exact) mass is 1970 g/mol. The zero-order chi connectivity index (χ0) is 104. The summed E-state index contributed by atoms with van der Waals surface area (Å²) in [7, 11) is 0. The molecular formula is C91H155N21O23S2. The predicted molar refractivity (Wildman–Crippen MR) is 516 cm³/mol. The molecule has 0 aliphatic rings. The zero-order valence-corrected chi connectivity index (χ0v) is 84.3. The number of phenolic OH excluding ortho intramolecular Hbond substituents is 1. The number of aromatic hydroxyl groups is 1. The number of nitrogens with zero attached hydrogens (tertiary/aromatic N) is 1. The van der Waals surface area contributed by atoms with Crippen LogP contribution < -0.4 is 102 Å². The molecule has 1 heterocycles. The molecule has 0 saturated carbocycles. The van der Waals surface area contributed by atoms with Crippen LogP contribution in [0.4, 0.5) is 0 Å². The van der Waals surface area contributed by atoms with Gasteiger partial charge in [0.1, 0.15) is 109 Å². The molecule has 0 radical (unpaired) electrons. The number of amides is 17. The number of thioether (sulfide) groups is 1. The van der Waals surface area contributed by atoms with Gasteiger partial charge in [0.05, 0.1) is 31.2 Å². The number of aliphatic carboxylic acids is 1. The molecule has 774 valence electrons. The van der Waals surface area contributed by atoms with E-state index in [1.54, 1.807) is 103 Å². The molecule has 0 fully saturated rings. The number of imidazole rings is 1. The van der Waals surface area contributed by atoms with Crippen molar-refractivity contribution in [3.63, 3.8) is 0 Å². The number of aliphatic hydroxyl groups is 3. The summed E-state index contributed by atoms with van der Waals surface area (Å²) in [5.41, 5.74) is 12.7. The first kappa shape index (κ1) is 122. The van der Waals surface area contributed by atoms with Crippen molar-refractivity contribution in [1.82, 2.24) is 100 Å². The summed E-state index contributed by atoms with van der Waals surface area (Å²) in [6.07, 6.45) is 2.46. The number of phenols is 1. The van der Waals surface area contributed by atoms with Gasteiger partial charge in [0.15, 0.2) is 0 Å². The van der Waals surface area contributed by atoms with Crippen molar-refractivity contribution in [1.29, 1.82) is 0 Å². The van der Waals surface area contributed by atoms with Gasteiger partial charge in [0.25, 0.3) is 0 Å². The standard InChI is InChI=1S/C91H155N21O23S2/c1-21-49(14)70(87(131)98-59(26-24-25-32-92)77(121)112-74(54(19)115)91(135)103-62(36-46(8)9)81(125)100-61(35-45(6)7)80(124)102-64(38-56-39-94-43-96-56)79(123)97-52(17)75(119)95-40-67(117)118)110-89(133)72(51(16)23-3)109-86(130)69(48(12)13)106-83(127)65(41-113)104-82(126)63(37-55-27-29-57(116)30-28-55)101-84(128)66(42-136)105-85(129)68(47(10)11)107-88(132)71(50(15)22-2)108-78(122)60(31-33-137-20)99-90(134)73(53(18)114)111-76(120)58(93)34-44(4)5/h27-30,39,43-54,58-66,68-74,113-116,136H,21-26,31-38,40-42,92-93H2,1-20H3,(H,94,96)(H,95,119)(H,97,123)(H,98,131)(H,99,134)(H,100,125)(H,101,128)(H,102,124)(H,103,135)(H,104,126)(H,105,129)(H,106,127)(H,107,132)(H,108,122)(H,109,130)(H,110,133)(H,111,120)(H,112,121)(H,117,118)/t49-,50-,51-,52-,53+,54+,58-,59-,60-,61-,62-,63-,64-,65-,66-,68-,69-,70-,71-,72-,73-,74-/m0/s1. The van der Waals surface area contributed by atoms with Crippen molar-refractivity contribution in [2.45, 2.75) is 324 Å². The molecule has 0 bridgehead atoms. The molecule has 44 nitrogen and oxygen atoms in total. The molecular weight excluding hydrogens is 1820 g/mol. The van der Waals surface area contributed by atoms with Gasteiger partial charge in [0, 0.05) is 30.5 Å². The topological polar surface area (TPSA) is 694 Å². The Kier molecular flexibility index (Phi) is 55.5. The number of carboxylic acids is 1. The second-order valence-corrected chi connectivity index (χ2v) is 38.3. The maximum atomic E-state index is 14.8. The summed E-state index contributed by atoms with van der Waals surface area (Å²) in [4.78, 5) is 260. The van der Waals surface area contributed by atoms with E-state index in [1.807, 2.05) is 13.8 Å². The first-order valence-electron chi connectivity index (χ1n) is 46.9. The number of unbranched alkanes of at least 4 members (excludes halogenated alkanes) is 1. The third-order valence-electron chi connectivity index (χ3n) is 23.0. The Morgan fingerprint density at radius 2 is 0.752 bits per heavy atom. The first-order chi connectivity index (χ1) is 64.2. The molecule has 46 heteroatoms. The fraction of sp³-hybridized carbons (Fsp3) is 0.703. The van der Waals surface area contributed by atoms with E-state index in [2.05, 4.69) is 113 Å². The molecule has 0 saturated heterocycles. The highest BCUT2D eigenvalue weighted by Crippen LogP contribution is 2.21. The Labute approximate surface area is 812 Å². The summed E-state index contributed by atoms with van der Waals surface area (Å²) < 4.78 is 0. The van der Waals surface area contributed by atoms with Gasteiger partial charge in [-0.05, 0) is 149 Å². The number of aromatic amines is 1. The Morgan fingerprint density at radius 3 is 1.17 bits per heavy atom. The maximum Gasteiger partial charge on any atom is 0.322 e. The Bertz CT molecular complexity index is 4240. The molecule has 0 aliphatic carbocycles. The second-order valence-electron chi connectivity index (χ2n) is 36.9. The van der Waals surface area contributed by atoms with Crippen molar-refractivity contribution in [3.05, 3.63) is 48.0 Å². The summed E-state index contributed by atoms with van der Waals surface area (Å²) in [6.45, 7) is 29.2. The van der Waals surface area contributed by atoms with Crippen molar-refractivity contribution in [2.24, 2.45) is 58.8 Å². The number of carboxylic acid groups (broad SMARTS) is 1. The Hall–Kier alpha value is -10.8. The average Bonchev–Trinajstić information content (AvgIpc) is 1.37. The van der Waals surface area contributed by atoms with E-state index in [0.29, 0.717) is 29.9 Å². The summed E-state index contributed by atoms with van der Waals surface area (Å²) in [5, 5.41) is 95.7. The van der Waals surface area contributed by atoms with Crippen LogP contribution in [0.3, 0.4) is 0 Å². The van der Waals surface area contributed by atoms with Crippen LogP contribution in [0.15, 0.2) is 36.8 Å². The molecule has 1 aromatic carbocycles. The van der Waals surface area contributed by atoms with Gasteiger partial charge in [-0.25, -0.2) is 4.98 Å². The van der Waals surface area contributed by atoms with Crippen LogP contribution in [0.1, 0.15) is 207 Å². The predicted octanol–water partition coefficient (Wildman–Crippen LogP) is -2.64. The highest BCUT2D eigenvalue weighted by atomic mass is 32.2. The van der Waals surface area contributed by atoms with E-state index in [-0.39, 0.29) is 94.3 Å². The van der Waals surface area contributed by atoms with E-state index < -0.39 is 270 Å².